The third-order valence-electron chi connectivity index (χ3n) is 2.68. The molecular weight excluding hydrogens is 276 g/mol. The monoisotopic (exact) mass is 296 g/mol. The van der Waals surface area contributed by atoms with Crippen LogP contribution < -0.4 is 5.32 Å². The maximum Gasteiger partial charge on any atom is 0.234 e. The van der Waals surface area contributed by atoms with Gasteiger partial charge in [0.15, 0.2) is 5.78 Å². The first-order chi connectivity index (χ1) is 9.38. The minimum absolute atomic E-state index is 0.0494. The number of ketones is 1. The number of nitrogens with one attached hydrogen (secondary N) is 1. The van der Waals surface area contributed by atoms with Gasteiger partial charge in [0.25, 0.3) is 0 Å². The fourth-order valence-corrected chi connectivity index (χ4v) is 1.86. The number of hydrogen-bond acceptors (Lipinski definition) is 3. The summed E-state index contributed by atoms with van der Waals surface area (Å²) in [6, 6.07) is 6.82. The summed E-state index contributed by atoms with van der Waals surface area (Å²) in [7, 11) is 1.75. The zero-order valence-electron chi connectivity index (χ0n) is 12.1. The molecule has 0 aliphatic carbocycles. The van der Waals surface area contributed by atoms with E-state index in [9.17, 15) is 9.59 Å². The van der Waals surface area contributed by atoms with Gasteiger partial charge in [-0.05, 0) is 25.1 Å². The van der Waals surface area contributed by atoms with Crippen LogP contribution in [-0.2, 0) is 4.79 Å². The van der Waals surface area contributed by atoms with Crippen LogP contribution in [0.1, 0.15) is 24.2 Å². The molecule has 1 N–H and O–H groups in total. The molecular formula is C15H21ClN2O2. The fraction of sp³-hybridized carbons (Fsp3) is 0.467. The molecule has 0 fully saturated rings. The predicted molar refractivity (Wildman–Crippen MR) is 81.1 cm³/mol. The van der Waals surface area contributed by atoms with E-state index >= 15 is 0 Å². The Morgan fingerprint density at radius 1 is 1.30 bits per heavy atom. The largest absolute Gasteiger partial charge is 0.355 e. The number of Topliss-reactive ketones (excluding diaryl/α,β-unsaturated/α-hetero) is 1. The molecule has 20 heavy (non-hydrogen) atoms. The Labute approximate surface area is 125 Å². The van der Waals surface area contributed by atoms with E-state index in [-0.39, 0.29) is 24.8 Å². The number of rotatable bonds is 7. The van der Waals surface area contributed by atoms with Gasteiger partial charge in [-0.25, -0.2) is 0 Å². The van der Waals surface area contributed by atoms with Gasteiger partial charge in [0.05, 0.1) is 13.1 Å². The Morgan fingerprint density at radius 3 is 2.60 bits per heavy atom. The lowest BCUT2D eigenvalue weighted by Gasteiger charge is -2.16. The molecule has 0 spiro atoms. The highest BCUT2D eigenvalue weighted by Gasteiger charge is 2.12. The Hall–Kier alpha value is -1.39. The van der Waals surface area contributed by atoms with Crippen molar-refractivity contribution in [2.45, 2.75) is 13.8 Å². The van der Waals surface area contributed by atoms with Crippen LogP contribution in [-0.4, -0.2) is 43.3 Å². The molecule has 0 aromatic heterocycles. The van der Waals surface area contributed by atoms with Crippen molar-refractivity contribution < 1.29 is 9.59 Å². The van der Waals surface area contributed by atoms with E-state index < -0.39 is 0 Å². The fourth-order valence-electron chi connectivity index (χ4n) is 1.67. The molecule has 1 amide bonds. The molecule has 4 nitrogen and oxygen atoms in total. The van der Waals surface area contributed by atoms with Crippen molar-refractivity contribution in [3.8, 4) is 0 Å². The number of amides is 1. The predicted octanol–water partition coefficient (Wildman–Crippen LogP) is 2.23. The molecule has 0 saturated heterocycles. The Balaban J connectivity index is 2.44. The summed E-state index contributed by atoms with van der Waals surface area (Å²) < 4.78 is 0. The second kappa shape index (κ2) is 8.02. The minimum Gasteiger partial charge on any atom is -0.355 e. The second-order valence-corrected chi connectivity index (χ2v) is 5.74. The van der Waals surface area contributed by atoms with Crippen molar-refractivity contribution in [2.24, 2.45) is 5.92 Å². The molecule has 0 aliphatic rings. The van der Waals surface area contributed by atoms with Gasteiger partial charge in [0.1, 0.15) is 0 Å². The Bertz CT molecular complexity index is 475. The lowest BCUT2D eigenvalue weighted by Crippen LogP contribution is -2.38. The zero-order valence-corrected chi connectivity index (χ0v) is 12.9. The highest BCUT2D eigenvalue weighted by atomic mass is 35.5. The molecule has 0 aliphatic heterocycles. The number of benzene rings is 1. The van der Waals surface area contributed by atoms with Crippen molar-refractivity contribution in [1.82, 2.24) is 10.2 Å². The number of nitrogens with zero attached hydrogens (tertiary/aromatic N) is 1. The smallest absolute Gasteiger partial charge is 0.234 e. The van der Waals surface area contributed by atoms with Crippen molar-refractivity contribution in [2.75, 3.05) is 26.7 Å². The van der Waals surface area contributed by atoms with E-state index in [1.165, 1.54) is 0 Å². The number of carbonyl (C=O) groups excluding carboxylic acids is 2. The van der Waals surface area contributed by atoms with Gasteiger partial charge in [0.2, 0.25) is 5.91 Å². The van der Waals surface area contributed by atoms with Crippen LogP contribution in [0.2, 0.25) is 5.02 Å². The number of likely N-dealkylation sites (N-methyl/N-ethyl adjacent to an activating group) is 1. The average Bonchev–Trinajstić information content (AvgIpc) is 2.36. The molecule has 1 rings (SSSR count). The molecule has 0 heterocycles. The summed E-state index contributed by atoms with van der Waals surface area (Å²) in [5.74, 6) is 0.295. The van der Waals surface area contributed by atoms with Crippen molar-refractivity contribution in [3.63, 3.8) is 0 Å². The van der Waals surface area contributed by atoms with Crippen LogP contribution in [0.5, 0.6) is 0 Å². The first kappa shape index (κ1) is 16.7. The quantitative estimate of drug-likeness (QED) is 0.785. The molecule has 0 unspecified atom stereocenters. The van der Waals surface area contributed by atoms with Gasteiger partial charge < -0.3 is 5.32 Å². The summed E-state index contributed by atoms with van der Waals surface area (Å²) in [6.07, 6.45) is 0. The van der Waals surface area contributed by atoms with Crippen LogP contribution >= 0.6 is 11.6 Å². The van der Waals surface area contributed by atoms with E-state index in [0.717, 1.165) is 0 Å². The zero-order chi connectivity index (χ0) is 15.1. The lowest BCUT2D eigenvalue weighted by molar-refractivity contribution is -0.121. The van der Waals surface area contributed by atoms with E-state index in [1.54, 1.807) is 36.2 Å². The summed E-state index contributed by atoms with van der Waals surface area (Å²) in [5.41, 5.74) is 0.562. The number of halogens is 1. The molecule has 1 aromatic carbocycles. The van der Waals surface area contributed by atoms with Gasteiger partial charge in [0, 0.05) is 17.1 Å². The number of carbonyl (C=O) groups is 2. The molecule has 0 atom stereocenters. The summed E-state index contributed by atoms with van der Waals surface area (Å²) in [4.78, 5) is 25.4. The normalized spacial score (nSPS) is 10.9. The van der Waals surface area contributed by atoms with E-state index in [0.29, 0.717) is 23.0 Å². The van der Waals surface area contributed by atoms with Crippen LogP contribution in [0.15, 0.2) is 24.3 Å². The molecule has 110 valence electrons. The van der Waals surface area contributed by atoms with Crippen molar-refractivity contribution >= 4 is 23.3 Å². The maximum atomic E-state index is 12.0. The van der Waals surface area contributed by atoms with Gasteiger partial charge >= 0.3 is 0 Å². The Morgan fingerprint density at radius 2 is 2.00 bits per heavy atom. The maximum absolute atomic E-state index is 12.0. The van der Waals surface area contributed by atoms with E-state index in [1.807, 2.05) is 13.8 Å². The second-order valence-electron chi connectivity index (χ2n) is 5.30. The summed E-state index contributed by atoms with van der Waals surface area (Å²) in [5, 5.41) is 3.36. The first-order valence-electron chi connectivity index (χ1n) is 6.62. The third-order valence-corrected chi connectivity index (χ3v) is 2.92. The summed E-state index contributed by atoms with van der Waals surface area (Å²) in [6.45, 7) is 5.11. The van der Waals surface area contributed by atoms with Crippen LogP contribution in [0.25, 0.3) is 0 Å². The molecule has 5 heteroatoms. The van der Waals surface area contributed by atoms with E-state index in [2.05, 4.69) is 5.32 Å². The van der Waals surface area contributed by atoms with E-state index in [4.69, 9.17) is 11.6 Å². The van der Waals surface area contributed by atoms with Crippen molar-refractivity contribution in [1.29, 1.82) is 0 Å². The first-order valence-corrected chi connectivity index (χ1v) is 7.00. The van der Waals surface area contributed by atoms with Gasteiger partial charge in [-0.3, -0.25) is 14.5 Å². The highest BCUT2D eigenvalue weighted by Crippen LogP contribution is 2.11. The Kier molecular flexibility index (Phi) is 6.68. The van der Waals surface area contributed by atoms with Gasteiger partial charge in [-0.1, -0.05) is 37.6 Å². The standard InChI is InChI=1S/C15H21ClN2O2/c1-11(2)8-17-15(20)10-18(3)9-14(19)12-5-4-6-13(16)7-12/h4-7,11H,8-10H2,1-3H3,(H,17,20). The minimum atomic E-state index is -0.0694. The molecule has 0 radical (unpaired) electrons. The highest BCUT2D eigenvalue weighted by molar-refractivity contribution is 6.31. The molecule has 1 aromatic rings. The molecule has 0 bridgehead atoms. The van der Waals surface area contributed by atoms with Crippen LogP contribution in [0, 0.1) is 5.92 Å². The number of hydrogen-bond donors (Lipinski definition) is 1. The van der Waals surface area contributed by atoms with Crippen LogP contribution in [0.3, 0.4) is 0 Å². The van der Waals surface area contributed by atoms with Gasteiger partial charge in [-0.2, -0.15) is 0 Å². The third kappa shape index (κ3) is 6.17. The van der Waals surface area contributed by atoms with Crippen LogP contribution in [0.4, 0.5) is 0 Å². The van der Waals surface area contributed by atoms with Gasteiger partial charge in [-0.15, -0.1) is 0 Å². The summed E-state index contributed by atoms with van der Waals surface area (Å²) >= 11 is 5.85. The average molecular weight is 297 g/mol. The topological polar surface area (TPSA) is 49.4 Å². The SMILES string of the molecule is CC(C)CNC(=O)CN(C)CC(=O)c1cccc(Cl)c1. The van der Waals surface area contributed by atoms with Crippen molar-refractivity contribution in [3.05, 3.63) is 34.9 Å². The lowest BCUT2D eigenvalue weighted by atomic mass is 10.1. The molecule has 0 saturated carbocycles.